The average molecular weight is 317 g/mol. The molecule has 1 N–H and O–H groups in total. The van der Waals surface area contributed by atoms with Gasteiger partial charge in [0.25, 0.3) is 0 Å². The van der Waals surface area contributed by atoms with Crippen molar-refractivity contribution in [3.8, 4) is 0 Å². The largest absolute Gasteiger partial charge is 0.345 e. The Bertz CT molecular complexity index is 492. The second kappa shape index (κ2) is 8.12. The predicted molar refractivity (Wildman–Crippen MR) is 82.3 cm³/mol. The fourth-order valence-corrected chi connectivity index (χ4v) is 2.03. The van der Waals surface area contributed by atoms with Gasteiger partial charge < -0.3 is 10.2 Å². The van der Waals surface area contributed by atoms with Crippen molar-refractivity contribution in [3.05, 3.63) is 28.2 Å². The van der Waals surface area contributed by atoms with Crippen LogP contribution in [0.1, 0.15) is 26.2 Å². The molecule has 0 radical (unpaired) electrons. The molecule has 0 spiro atoms. The van der Waals surface area contributed by atoms with E-state index in [0.29, 0.717) is 22.3 Å². The maximum Gasteiger partial charge on any atom is 0.233 e. The molecule has 110 valence electrons. The SMILES string of the molecule is CCCCN(C)C(=O)CC(=O)Nc1ccc(Cl)cc1Cl. The molecule has 0 atom stereocenters. The van der Waals surface area contributed by atoms with Crippen LogP contribution in [0.4, 0.5) is 5.69 Å². The monoisotopic (exact) mass is 316 g/mol. The number of carbonyl (C=O) groups excluding carboxylic acids is 2. The van der Waals surface area contributed by atoms with Gasteiger partial charge in [-0.2, -0.15) is 0 Å². The standard InChI is InChI=1S/C14H18Cl2N2O2/c1-3-4-7-18(2)14(20)9-13(19)17-12-6-5-10(15)8-11(12)16/h5-6,8H,3-4,7,9H2,1-2H3,(H,17,19). The van der Waals surface area contributed by atoms with Crippen LogP contribution in [0.25, 0.3) is 0 Å². The number of anilines is 1. The van der Waals surface area contributed by atoms with Gasteiger partial charge in [-0.1, -0.05) is 36.5 Å². The molecule has 4 nitrogen and oxygen atoms in total. The number of carbonyl (C=O) groups is 2. The number of hydrogen-bond donors (Lipinski definition) is 1. The Morgan fingerprint density at radius 2 is 2.00 bits per heavy atom. The summed E-state index contributed by atoms with van der Waals surface area (Å²) in [5.74, 6) is -0.594. The van der Waals surface area contributed by atoms with Gasteiger partial charge in [0, 0.05) is 18.6 Å². The van der Waals surface area contributed by atoms with Crippen LogP contribution in [-0.4, -0.2) is 30.3 Å². The second-order valence-electron chi connectivity index (χ2n) is 4.52. The summed E-state index contributed by atoms with van der Waals surface area (Å²) in [6.45, 7) is 2.71. The Balaban J connectivity index is 2.53. The highest BCUT2D eigenvalue weighted by molar-refractivity contribution is 6.36. The van der Waals surface area contributed by atoms with E-state index >= 15 is 0 Å². The van der Waals surface area contributed by atoms with Crippen LogP contribution >= 0.6 is 23.2 Å². The lowest BCUT2D eigenvalue weighted by Crippen LogP contribution is -2.31. The third-order valence-electron chi connectivity index (χ3n) is 2.79. The van der Waals surface area contributed by atoms with Gasteiger partial charge in [-0.3, -0.25) is 9.59 Å². The van der Waals surface area contributed by atoms with Crippen molar-refractivity contribution in [2.75, 3.05) is 18.9 Å². The fraction of sp³-hybridized carbons (Fsp3) is 0.429. The van der Waals surface area contributed by atoms with Gasteiger partial charge in [-0.25, -0.2) is 0 Å². The molecule has 0 aliphatic rings. The number of nitrogens with one attached hydrogen (secondary N) is 1. The summed E-state index contributed by atoms with van der Waals surface area (Å²) in [5, 5.41) is 3.44. The van der Waals surface area contributed by atoms with E-state index in [1.807, 2.05) is 6.92 Å². The summed E-state index contributed by atoms with van der Waals surface area (Å²) in [7, 11) is 1.69. The smallest absolute Gasteiger partial charge is 0.233 e. The zero-order valence-corrected chi connectivity index (χ0v) is 13.1. The van der Waals surface area contributed by atoms with Gasteiger partial charge in [0.2, 0.25) is 11.8 Å². The van der Waals surface area contributed by atoms with E-state index < -0.39 is 0 Å². The zero-order chi connectivity index (χ0) is 15.1. The van der Waals surface area contributed by atoms with E-state index in [2.05, 4.69) is 5.32 Å². The number of halogens is 2. The molecule has 1 aromatic carbocycles. The van der Waals surface area contributed by atoms with Crippen LogP contribution in [0, 0.1) is 0 Å². The molecule has 0 aliphatic heterocycles. The summed E-state index contributed by atoms with van der Waals surface area (Å²) < 4.78 is 0. The number of amides is 2. The molecule has 20 heavy (non-hydrogen) atoms. The van der Waals surface area contributed by atoms with E-state index in [0.717, 1.165) is 12.8 Å². The summed E-state index contributed by atoms with van der Waals surface area (Å²) in [4.78, 5) is 25.1. The van der Waals surface area contributed by atoms with E-state index in [1.165, 1.54) is 6.07 Å². The topological polar surface area (TPSA) is 49.4 Å². The van der Waals surface area contributed by atoms with Gasteiger partial charge in [-0.05, 0) is 24.6 Å². The van der Waals surface area contributed by atoms with Crippen molar-refractivity contribution in [2.45, 2.75) is 26.2 Å². The molecule has 1 aromatic rings. The lowest BCUT2D eigenvalue weighted by atomic mass is 10.2. The van der Waals surface area contributed by atoms with Crippen molar-refractivity contribution < 1.29 is 9.59 Å². The Morgan fingerprint density at radius 3 is 2.60 bits per heavy atom. The molecule has 0 aromatic heterocycles. The van der Waals surface area contributed by atoms with Gasteiger partial charge in [0.05, 0.1) is 10.7 Å². The first-order valence-corrected chi connectivity index (χ1v) is 7.18. The van der Waals surface area contributed by atoms with E-state index in [4.69, 9.17) is 23.2 Å². The van der Waals surface area contributed by atoms with E-state index in [1.54, 1.807) is 24.1 Å². The minimum absolute atomic E-state index is 0.195. The number of nitrogens with zero attached hydrogens (tertiary/aromatic N) is 1. The highest BCUT2D eigenvalue weighted by Crippen LogP contribution is 2.25. The van der Waals surface area contributed by atoms with Gasteiger partial charge in [0.15, 0.2) is 0 Å². The van der Waals surface area contributed by atoms with Crippen LogP contribution in [0.3, 0.4) is 0 Å². The summed E-state index contributed by atoms with van der Waals surface area (Å²) in [6.07, 6.45) is 1.73. The lowest BCUT2D eigenvalue weighted by Gasteiger charge is -2.16. The number of hydrogen-bond acceptors (Lipinski definition) is 2. The van der Waals surface area contributed by atoms with Gasteiger partial charge in [-0.15, -0.1) is 0 Å². The summed E-state index contributed by atoms with van der Waals surface area (Å²) in [6, 6.07) is 4.76. The Morgan fingerprint density at radius 1 is 1.30 bits per heavy atom. The summed E-state index contributed by atoms with van der Waals surface area (Å²) >= 11 is 11.7. The molecule has 2 amide bonds. The molecule has 0 aliphatic carbocycles. The third kappa shape index (κ3) is 5.39. The van der Waals surface area contributed by atoms with Crippen LogP contribution in [0.2, 0.25) is 10.0 Å². The van der Waals surface area contributed by atoms with Crippen LogP contribution in [-0.2, 0) is 9.59 Å². The minimum atomic E-state index is -0.387. The van der Waals surface area contributed by atoms with Gasteiger partial charge >= 0.3 is 0 Å². The van der Waals surface area contributed by atoms with Crippen LogP contribution < -0.4 is 5.32 Å². The normalized spacial score (nSPS) is 10.2. The van der Waals surface area contributed by atoms with E-state index in [9.17, 15) is 9.59 Å². The minimum Gasteiger partial charge on any atom is -0.345 e. The second-order valence-corrected chi connectivity index (χ2v) is 5.36. The molecule has 1 rings (SSSR count). The Kier molecular flexibility index (Phi) is 6.82. The lowest BCUT2D eigenvalue weighted by molar-refractivity contribution is -0.133. The van der Waals surface area contributed by atoms with Crippen molar-refractivity contribution in [1.29, 1.82) is 0 Å². The molecule has 0 saturated carbocycles. The Labute approximate surface area is 129 Å². The summed E-state index contributed by atoms with van der Waals surface area (Å²) in [5.41, 5.74) is 0.449. The zero-order valence-electron chi connectivity index (χ0n) is 11.6. The van der Waals surface area contributed by atoms with Crippen LogP contribution in [0.5, 0.6) is 0 Å². The molecule has 0 heterocycles. The molecular formula is C14H18Cl2N2O2. The molecule has 0 fully saturated rings. The average Bonchev–Trinajstić information content (AvgIpc) is 2.39. The van der Waals surface area contributed by atoms with Crippen molar-refractivity contribution in [3.63, 3.8) is 0 Å². The molecule has 6 heteroatoms. The van der Waals surface area contributed by atoms with Crippen molar-refractivity contribution >= 4 is 40.7 Å². The third-order valence-corrected chi connectivity index (χ3v) is 3.34. The van der Waals surface area contributed by atoms with Crippen molar-refractivity contribution in [1.82, 2.24) is 4.90 Å². The maximum atomic E-state index is 11.8. The molecule has 0 bridgehead atoms. The first-order valence-electron chi connectivity index (χ1n) is 6.43. The Hall–Kier alpha value is -1.26. The molecule has 0 unspecified atom stereocenters. The van der Waals surface area contributed by atoms with Crippen LogP contribution in [0.15, 0.2) is 18.2 Å². The fourth-order valence-electron chi connectivity index (χ4n) is 1.58. The maximum absolute atomic E-state index is 11.8. The highest BCUT2D eigenvalue weighted by Gasteiger charge is 2.14. The predicted octanol–water partition coefficient (Wildman–Crippen LogP) is 3.58. The van der Waals surface area contributed by atoms with Gasteiger partial charge in [0.1, 0.15) is 6.42 Å². The number of unbranched alkanes of at least 4 members (excludes halogenated alkanes) is 1. The molecular weight excluding hydrogens is 299 g/mol. The highest BCUT2D eigenvalue weighted by atomic mass is 35.5. The first kappa shape index (κ1) is 16.8. The number of rotatable bonds is 6. The molecule has 0 saturated heterocycles. The quantitative estimate of drug-likeness (QED) is 0.815. The first-order chi connectivity index (χ1) is 9.43. The number of benzene rings is 1. The van der Waals surface area contributed by atoms with Crippen molar-refractivity contribution in [2.24, 2.45) is 0 Å². The van der Waals surface area contributed by atoms with E-state index in [-0.39, 0.29) is 18.2 Å².